The minimum Gasteiger partial charge on any atom is -0.508 e. The molecule has 0 saturated heterocycles. The molecular formula is C10H14BrNO. The van der Waals surface area contributed by atoms with Crippen LogP contribution in [0.1, 0.15) is 12.5 Å². The van der Waals surface area contributed by atoms with Crippen LogP contribution in [-0.4, -0.2) is 18.2 Å². The molecule has 0 aliphatic carbocycles. The van der Waals surface area contributed by atoms with Gasteiger partial charge in [-0.05, 0) is 25.5 Å². The first-order chi connectivity index (χ1) is 5.83. The van der Waals surface area contributed by atoms with Crippen molar-refractivity contribution in [2.24, 2.45) is 0 Å². The van der Waals surface area contributed by atoms with Crippen LogP contribution >= 0.6 is 17.0 Å². The van der Waals surface area contributed by atoms with Crippen LogP contribution in [0.5, 0.6) is 5.75 Å². The molecule has 13 heavy (non-hydrogen) atoms. The van der Waals surface area contributed by atoms with Crippen LogP contribution < -0.4 is 4.90 Å². The van der Waals surface area contributed by atoms with Crippen LogP contribution in [0.15, 0.2) is 18.2 Å². The van der Waals surface area contributed by atoms with Gasteiger partial charge >= 0.3 is 0 Å². The Kier molecular flexibility index (Phi) is 3.20. The zero-order chi connectivity index (χ0) is 8.55. The molecule has 0 spiro atoms. The molecular weight excluding hydrogens is 230 g/mol. The van der Waals surface area contributed by atoms with Crippen molar-refractivity contribution in [3.8, 4) is 5.75 Å². The number of anilines is 1. The highest BCUT2D eigenvalue weighted by Gasteiger charge is 2.19. The first kappa shape index (κ1) is 10.4. The average molecular weight is 244 g/mol. The lowest BCUT2D eigenvalue weighted by Crippen LogP contribution is -2.18. The van der Waals surface area contributed by atoms with Crippen LogP contribution in [-0.2, 0) is 6.42 Å². The zero-order valence-corrected chi connectivity index (χ0v) is 9.37. The summed E-state index contributed by atoms with van der Waals surface area (Å²) in [5.74, 6) is 0.448. The van der Waals surface area contributed by atoms with E-state index in [1.165, 1.54) is 5.69 Å². The van der Waals surface area contributed by atoms with Crippen molar-refractivity contribution in [1.29, 1.82) is 0 Å². The van der Waals surface area contributed by atoms with Gasteiger partial charge in [-0.2, -0.15) is 0 Å². The fraction of sp³-hybridized carbons (Fsp3) is 0.400. The number of fused-ring (bicyclic) bond motifs is 1. The first-order valence-electron chi connectivity index (χ1n) is 4.38. The van der Waals surface area contributed by atoms with Crippen LogP contribution in [0, 0.1) is 0 Å². The number of nitrogens with zero attached hydrogens (tertiary/aromatic N) is 1. The maximum absolute atomic E-state index is 9.52. The smallest absolute Gasteiger partial charge is 0.120 e. The lowest BCUT2D eigenvalue weighted by Gasteiger charge is -2.16. The predicted molar refractivity (Wildman–Crippen MR) is 60.0 cm³/mol. The molecule has 0 aromatic heterocycles. The van der Waals surface area contributed by atoms with E-state index in [1.807, 2.05) is 6.07 Å². The van der Waals surface area contributed by atoms with Crippen molar-refractivity contribution < 1.29 is 5.11 Å². The van der Waals surface area contributed by atoms with Crippen LogP contribution in [0.3, 0.4) is 0 Å². The maximum atomic E-state index is 9.52. The van der Waals surface area contributed by atoms with Crippen molar-refractivity contribution in [1.82, 2.24) is 0 Å². The normalized spacial score (nSPS) is 13.8. The summed E-state index contributed by atoms with van der Waals surface area (Å²) in [6.45, 7) is 4.21. The van der Waals surface area contributed by atoms with Crippen molar-refractivity contribution in [2.45, 2.75) is 13.3 Å². The summed E-state index contributed by atoms with van der Waals surface area (Å²) >= 11 is 0. The van der Waals surface area contributed by atoms with Gasteiger partial charge in [-0.3, -0.25) is 0 Å². The highest BCUT2D eigenvalue weighted by molar-refractivity contribution is 8.93. The van der Waals surface area contributed by atoms with Gasteiger partial charge in [-0.15, -0.1) is 17.0 Å². The van der Waals surface area contributed by atoms with E-state index >= 15 is 0 Å². The van der Waals surface area contributed by atoms with E-state index in [2.05, 4.69) is 17.9 Å². The Hall–Kier alpha value is -0.700. The van der Waals surface area contributed by atoms with Crippen molar-refractivity contribution in [2.75, 3.05) is 18.0 Å². The molecule has 1 aromatic rings. The SMILES string of the molecule is Br.CCN1CCc2c(O)cccc21. The third-order valence-electron chi connectivity index (χ3n) is 2.48. The van der Waals surface area contributed by atoms with E-state index in [4.69, 9.17) is 0 Å². The number of hydrogen-bond acceptors (Lipinski definition) is 2. The van der Waals surface area contributed by atoms with Gasteiger partial charge in [0.1, 0.15) is 5.75 Å². The second-order valence-corrected chi connectivity index (χ2v) is 3.10. The summed E-state index contributed by atoms with van der Waals surface area (Å²) in [5, 5.41) is 9.52. The molecule has 72 valence electrons. The lowest BCUT2D eigenvalue weighted by molar-refractivity contribution is 0.470. The van der Waals surface area contributed by atoms with Crippen molar-refractivity contribution in [3.63, 3.8) is 0 Å². The standard InChI is InChI=1S/C10H13NO.BrH/c1-2-11-7-6-8-9(11)4-3-5-10(8)12;/h3-5,12H,2,6-7H2,1H3;1H. The van der Waals surface area contributed by atoms with Crippen molar-refractivity contribution >= 4 is 22.7 Å². The molecule has 2 rings (SSSR count). The fourth-order valence-corrected chi connectivity index (χ4v) is 1.81. The molecule has 1 N–H and O–H groups in total. The monoisotopic (exact) mass is 243 g/mol. The van der Waals surface area contributed by atoms with Crippen LogP contribution in [0.2, 0.25) is 0 Å². The van der Waals surface area contributed by atoms with Gasteiger partial charge < -0.3 is 10.0 Å². The topological polar surface area (TPSA) is 23.5 Å². The molecule has 1 aliphatic rings. The summed E-state index contributed by atoms with van der Waals surface area (Å²) in [7, 11) is 0. The third-order valence-corrected chi connectivity index (χ3v) is 2.48. The predicted octanol–water partition coefficient (Wildman–Crippen LogP) is 2.35. The largest absolute Gasteiger partial charge is 0.508 e. The highest BCUT2D eigenvalue weighted by atomic mass is 79.9. The number of phenols is 1. The third kappa shape index (κ3) is 1.66. The lowest BCUT2D eigenvalue weighted by atomic mass is 10.1. The summed E-state index contributed by atoms with van der Waals surface area (Å²) in [6.07, 6.45) is 0.982. The second kappa shape index (κ2) is 4.01. The van der Waals surface area contributed by atoms with Gasteiger partial charge in [0.2, 0.25) is 0 Å². The molecule has 0 bridgehead atoms. The van der Waals surface area contributed by atoms with Crippen LogP contribution in [0.4, 0.5) is 5.69 Å². The molecule has 0 atom stereocenters. The number of phenolic OH excluding ortho intramolecular Hbond substituents is 1. The Morgan fingerprint density at radius 3 is 2.92 bits per heavy atom. The molecule has 3 heteroatoms. The summed E-state index contributed by atoms with van der Waals surface area (Å²) in [5.41, 5.74) is 2.32. The Bertz CT molecular complexity index is 301. The van der Waals surface area contributed by atoms with Crippen LogP contribution in [0.25, 0.3) is 0 Å². The maximum Gasteiger partial charge on any atom is 0.120 e. The van der Waals surface area contributed by atoms with E-state index in [9.17, 15) is 5.11 Å². The molecule has 0 saturated carbocycles. The Morgan fingerprint density at radius 2 is 2.23 bits per heavy atom. The molecule has 0 fully saturated rings. The van der Waals surface area contributed by atoms with Gasteiger partial charge in [0.05, 0.1) is 0 Å². The molecule has 1 heterocycles. The van der Waals surface area contributed by atoms with Gasteiger partial charge in [0, 0.05) is 24.3 Å². The molecule has 0 radical (unpaired) electrons. The first-order valence-corrected chi connectivity index (χ1v) is 4.38. The van der Waals surface area contributed by atoms with Gasteiger partial charge in [-0.25, -0.2) is 0 Å². The fourth-order valence-electron chi connectivity index (χ4n) is 1.81. The molecule has 1 aliphatic heterocycles. The van der Waals surface area contributed by atoms with E-state index in [1.54, 1.807) is 6.07 Å². The minimum absolute atomic E-state index is 0. The highest BCUT2D eigenvalue weighted by Crippen LogP contribution is 2.33. The number of aromatic hydroxyl groups is 1. The second-order valence-electron chi connectivity index (χ2n) is 3.10. The molecule has 2 nitrogen and oxygen atoms in total. The number of halogens is 1. The Morgan fingerprint density at radius 1 is 1.46 bits per heavy atom. The van der Waals surface area contributed by atoms with E-state index in [0.717, 1.165) is 25.1 Å². The van der Waals surface area contributed by atoms with Gasteiger partial charge in [0.15, 0.2) is 0 Å². The number of hydrogen-bond donors (Lipinski definition) is 1. The zero-order valence-electron chi connectivity index (χ0n) is 7.66. The van der Waals surface area contributed by atoms with E-state index < -0.39 is 0 Å². The molecule has 0 amide bonds. The van der Waals surface area contributed by atoms with E-state index in [-0.39, 0.29) is 17.0 Å². The van der Waals surface area contributed by atoms with Gasteiger partial charge in [0.25, 0.3) is 0 Å². The number of likely N-dealkylation sites (N-methyl/N-ethyl adjacent to an activating group) is 1. The molecule has 1 aromatic carbocycles. The van der Waals surface area contributed by atoms with Gasteiger partial charge in [-0.1, -0.05) is 6.07 Å². The Balaban J connectivity index is 0.000000845. The average Bonchev–Trinajstić information content (AvgIpc) is 2.49. The number of benzene rings is 1. The Labute approximate surface area is 89.0 Å². The molecule has 0 unspecified atom stereocenters. The summed E-state index contributed by atoms with van der Waals surface area (Å²) < 4.78 is 0. The quantitative estimate of drug-likeness (QED) is 0.819. The minimum atomic E-state index is 0. The summed E-state index contributed by atoms with van der Waals surface area (Å²) in [6, 6.07) is 5.74. The summed E-state index contributed by atoms with van der Waals surface area (Å²) in [4.78, 5) is 2.29. The van der Waals surface area contributed by atoms with Crippen molar-refractivity contribution in [3.05, 3.63) is 23.8 Å². The van der Waals surface area contributed by atoms with E-state index in [0.29, 0.717) is 5.75 Å². The number of rotatable bonds is 1.